The molecule has 2 aromatic carbocycles. The molecule has 3 fully saturated rings. The average molecular weight is 374 g/mol. The standard InChI is InChI=1S/C24H27N3O/c1-2-8-20(9-3-1)27-23(25-15-17-28-18-16-25)24(12-6-13-24)22-21-10-5-4-7-19(21)11-14-26(22)27/h1-5,7-11,14,22-23H,6,12-13,15-18H2/t22?,23-/m1/s1. The number of hydrogen-bond acceptors (Lipinski definition) is 4. The molecule has 4 heteroatoms. The minimum Gasteiger partial charge on any atom is -0.379 e. The van der Waals surface area contributed by atoms with Crippen LogP contribution in [-0.4, -0.2) is 42.4 Å². The summed E-state index contributed by atoms with van der Waals surface area (Å²) in [7, 11) is 0. The van der Waals surface area contributed by atoms with Crippen molar-refractivity contribution in [3.8, 4) is 0 Å². The lowest BCUT2D eigenvalue weighted by atomic mass is 9.60. The maximum Gasteiger partial charge on any atom is 0.111 e. The van der Waals surface area contributed by atoms with Crippen LogP contribution in [0, 0.1) is 5.41 Å². The highest BCUT2D eigenvalue weighted by Crippen LogP contribution is 2.63. The second kappa shape index (κ2) is 6.36. The topological polar surface area (TPSA) is 19.0 Å². The molecule has 0 amide bonds. The zero-order valence-corrected chi connectivity index (χ0v) is 16.2. The van der Waals surface area contributed by atoms with Crippen molar-refractivity contribution in [3.63, 3.8) is 0 Å². The van der Waals surface area contributed by atoms with E-state index in [0.29, 0.717) is 12.2 Å². The van der Waals surface area contributed by atoms with Crippen molar-refractivity contribution >= 4 is 11.8 Å². The molecule has 3 heterocycles. The average Bonchev–Trinajstić information content (AvgIpc) is 3.07. The van der Waals surface area contributed by atoms with Crippen molar-refractivity contribution in [2.45, 2.75) is 31.5 Å². The van der Waals surface area contributed by atoms with E-state index in [1.807, 2.05) is 0 Å². The van der Waals surface area contributed by atoms with Crippen LogP contribution in [-0.2, 0) is 4.74 Å². The Balaban J connectivity index is 1.53. The zero-order chi connectivity index (χ0) is 18.6. The van der Waals surface area contributed by atoms with Crippen LogP contribution in [0.1, 0.15) is 36.4 Å². The molecular weight excluding hydrogens is 346 g/mol. The molecule has 0 N–H and O–H groups in total. The predicted octanol–water partition coefficient (Wildman–Crippen LogP) is 4.28. The highest BCUT2D eigenvalue weighted by molar-refractivity contribution is 5.61. The number of rotatable bonds is 2. The number of hydrogen-bond donors (Lipinski definition) is 0. The highest BCUT2D eigenvalue weighted by Gasteiger charge is 2.63. The van der Waals surface area contributed by atoms with Gasteiger partial charge in [0.1, 0.15) is 6.17 Å². The number of benzene rings is 2. The van der Waals surface area contributed by atoms with Gasteiger partial charge in [0.2, 0.25) is 0 Å². The second-order valence-corrected chi connectivity index (χ2v) is 8.52. The normalized spacial score (nSPS) is 28.1. The molecule has 1 unspecified atom stereocenters. The lowest BCUT2D eigenvalue weighted by Crippen LogP contribution is -2.59. The van der Waals surface area contributed by atoms with Crippen LogP contribution < -0.4 is 5.01 Å². The van der Waals surface area contributed by atoms with E-state index in [1.54, 1.807) is 0 Å². The van der Waals surface area contributed by atoms with Crippen molar-refractivity contribution in [2.24, 2.45) is 5.41 Å². The molecule has 4 aliphatic rings. The van der Waals surface area contributed by atoms with Crippen LogP contribution in [0.5, 0.6) is 0 Å². The number of anilines is 1. The Bertz CT molecular complexity index is 886. The van der Waals surface area contributed by atoms with Crippen LogP contribution >= 0.6 is 0 Å². The summed E-state index contributed by atoms with van der Waals surface area (Å²) < 4.78 is 5.71. The number of hydrazine groups is 1. The second-order valence-electron chi connectivity index (χ2n) is 8.52. The van der Waals surface area contributed by atoms with E-state index in [2.05, 4.69) is 81.8 Å². The number of morpholine rings is 1. The van der Waals surface area contributed by atoms with Gasteiger partial charge in [0.15, 0.2) is 0 Å². The Morgan fingerprint density at radius 2 is 1.64 bits per heavy atom. The molecule has 1 spiro atoms. The monoisotopic (exact) mass is 373 g/mol. The van der Waals surface area contributed by atoms with Gasteiger partial charge in [-0.1, -0.05) is 48.9 Å². The van der Waals surface area contributed by atoms with Gasteiger partial charge in [-0.05, 0) is 42.2 Å². The summed E-state index contributed by atoms with van der Waals surface area (Å²) in [5.41, 5.74) is 4.43. The number of nitrogens with zero attached hydrogens (tertiary/aromatic N) is 3. The van der Waals surface area contributed by atoms with E-state index in [-0.39, 0.29) is 5.41 Å². The van der Waals surface area contributed by atoms with Crippen molar-refractivity contribution in [2.75, 3.05) is 31.3 Å². The van der Waals surface area contributed by atoms with Gasteiger partial charge in [-0.3, -0.25) is 14.9 Å². The lowest BCUT2D eigenvalue weighted by Gasteiger charge is -2.51. The largest absolute Gasteiger partial charge is 0.379 e. The van der Waals surface area contributed by atoms with Gasteiger partial charge in [-0.2, -0.15) is 0 Å². The third-order valence-corrected chi connectivity index (χ3v) is 7.20. The molecule has 2 atom stereocenters. The van der Waals surface area contributed by atoms with Gasteiger partial charge in [-0.15, -0.1) is 0 Å². The first-order valence-electron chi connectivity index (χ1n) is 10.6. The summed E-state index contributed by atoms with van der Waals surface area (Å²) >= 11 is 0. The Kier molecular flexibility index (Phi) is 3.78. The SMILES string of the molecule is C1=CN2C(c3ccccc31)C1(CCC1)[C@H](N1CCOCC1)N2c1ccccc1. The Labute approximate surface area is 167 Å². The molecule has 0 aromatic heterocycles. The van der Waals surface area contributed by atoms with E-state index in [1.165, 1.54) is 36.1 Å². The molecule has 6 rings (SSSR count). The zero-order valence-electron chi connectivity index (χ0n) is 16.2. The summed E-state index contributed by atoms with van der Waals surface area (Å²) in [4.78, 5) is 2.68. The molecule has 1 aliphatic carbocycles. The van der Waals surface area contributed by atoms with Crippen LogP contribution in [0.25, 0.3) is 6.08 Å². The van der Waals surface area contributed by atoms with E-state index < -0.39 is 0 Å². The lowest BCUT2D eigenvalue weighted by molar-refractivity contribution is -0.0428. The predicted molar refractivity (Wildman–Crippen MR) is 111 cm³/mol. The minimum absolute atomic E-state index is 0.272. The summed E-state index contributed by atoms with van der Waals surface area (Å²) in [6.45, 7) is 3.71. The smallest absolute Gasteiger partial charge is 0.111 e. The van der Waals surface area contributed by atoms with E-state index >= 15 is 0 Å². The van der Waals surface area contributed by atoms with Crippen molar-refractivity contribution < 1.29 is 4.74 Å². The van der Waals surface area contributed by atoms with Crippen LogP contribution in [0.3, 0.4) is 0 Å². The first-order chi connectivity index (χ1) is 13.9. The molecule has 0 bridgehead atoms. The molecule has 2 aromatic rings. The third kappa shape index (κ3) is 2.25. The van der Waals surface area contributed by atoms with E-state index in [9.17, 15) is 0 Å². The van der Waals surface area contributed by atoms with Crippen LogP contribution in [0.15, 0.2) is 60.8 Å². The number of para-hydroxylation sites is 1. The van der Waals surface area contributed by atoms with Gasteiger partial charge in [0.05, 0.1) is 24.9 Å². The highest BCUT2D eigenvalue weighted by atomic mass is 16.5. The summed E-state index contributed by atoms with van der Waals surface area (Å²) in [6, 6.07) is 20.4. The Morgan fingerprint density at radius 3 is 2.39 bits per heavy atom. The molecule has 1 saturated carbocycles. The summed E-state index contributed by atoms with van der Waals surface area (Å²) in [5.74, 6) is 0. The van der Waals surface area contributed by atoms with Crippen molar-refractivity contribution in [1.29, 1.82) is 0 Å². The fourth-order valence-electron chi connectivity index (χ4n) is 5.89. The fraction of sp³-hybridized carbons (Fsp3) is 0.417. The Morgan fingerprint density at radius 1 is 0.893 bits per heavy atom. The third-order valence-electron chi connectivity index (χ3n) is 7.20. The molecule has 144 valence electrons. The molecule has 0 radical (unpaired) electrons. The van der Waals surface area contributed by atoms with Gasteiger partial charge in [0, 0.05) is 24.7 Å². The first kappa shape index (κ1) is 16.6. The maximum atomic E-state index is 5.71. The quantitative estimate of drug-likeness (QED) is 0.782. The first-order valence-corrected chi connectivity index (χ1v) is 10.6. The number of ether oxygens (including phenoxy) is 1. The van der Waals surface area contributed by atoms with E-state index in [0.717, 1.165) is 26.3 Å². The van der Waals surface area contributed by atoms with Crippen molar-refractivity contribution in [3.05, 3.63) is 71.9 Å². The van der Waals surface area contributed by atoms with Gasteiger partial charge in [-0.25, -0.2) is 0 Å². The maximum absolute atomic E-state index is 5.71. The molecule has 4 nitrogen and oxygen atoms in total. The summed E-state index contributed by atoms with van der Waals surface area (Å²) in [5, 5.41) is 5.12. The fourth-order valence-corrected chi connectivity index (χ4v) is 5.89. The van der Waals surface area contributed by atoms with Gasteiger partial charge >= 0.3 is 0 Å². The summed E-state index contributed by atoms with van der Waals surface area (Å²) in [6.07, 6.45) is 8.91. The molecule has 2 saturated heterocycles. The molecular formula is C24H27N3O. The molecule has 3 aliphatic heterocycles. The van der Waals surface area contributed by atoms with E-state index in [4.69, 9.17) is 4.74 Å². The van der Waals surface area contributed by atoms with Gasteiger partial charge in [0.25, 0.3) is 0 Å². The minimum atomic E-state index is 0.272. The molecule has 28 heavy (non-hydrogen) atoms. The van der Waals surface area contributed by atoms with Gasteiger partial charge < -0.3 is 4.74 Å². The van der Waals surface area contributed by atoms with Crippen LogP contribution in [0.4, 0.5) is 5.69 Å². The van der Waals surface area contributed by atoms with Crippen molar-refractivity contribution in [1.82, 2.24) is 9.91 Å². The van der Waals surface area contributed by atoms with Crippen LogP contribution in [0.2, 0.25) is 0 Å². The number of fused-ring (bicyclic) bond motifs is 4. The Hall–Kier alpha value is -2.30.